The minimum Gasteiger partial charge on any atom is -0.347 e. The topological polar surface area (TPSA) is 78.0 Å². The molecule has 0 bridgehead atoms. The van der Waals surface area contributed by atoms with Gasteiger partial charge < -0.3 is 4.90 Å². The normalized spacial score (nSPS) is 14.9. The Hall–Kier alpha value is -2.70. The molecule has 7 heteroatoms. The van der Waals surface area contributed by atoms with E-state index in [1.54, 1.807) is 24.3 Å². The molecule has 0 spiro atoms. The van der Waals surface area contributed by atoms with Gasteiger partial charge in [0.15, 0.2) is 0 Å². The summed E-state index contributed by atoms with van der Waals surface area (Å²) in [5.74, 6) is -2.30. The van der Waals surface area contributed by atoms with Gasteiger partial charge in [0.05, 0.1) is 6.54 Å². The first-order valence-electron chi connectivity index (χ1n) is 6.33. The predicted molar refractivity (Wildman–Crippen MR) is 72.8 cm³/mol. The number of nitrogens with zero attached hydrogens (tertiary/aromatic N) is 3. The Kier molecular flexibility index (Phi) is 4.02. The highest BCUT2D eigenvalue weighted by Crippen LogP contribution is 2.15. The number of carbonyl (C=O) groups excluding carboxylic acids is 4. The maximum atomic E-state index is 12.1. The fourth-order valence-corrected chi connectivity index (χ4v) is 1.87. The number of likely N-dealkylation sites (N-methyl/N-ethyl adjacent to an activating group) is 1. The van der Waals surface area contributed by atoms with Crippen LogP contribution in [0.5, 0.6) is 0 Å². The largest absolute Gasteiger partial charge is 0.347 e. The van der Waals surface area contributed by atoms with E-state index in [1.807, 2.05) is 6.07 Å². The van der Waals surface area contributed by atoms with Gasteiger partial charge in [0.1, 0.15) is 6.54 Å². The average Bonchev–Trinajstić information content (AvgIpc) is 2.66. The number of hydrogen-bond donors (Lipinski definition) is 0. The Morgan fingerprint density at radius 3 is 2.14 bits per heavy atom. The van der Waals surface area contributed by atoms with Crippen molar-refractivity contribution in [1.29, 1.82) is 0 Å². The van der Waals surface area contributed by atoms with Gasteiger partial charge in [-0.15, -0.1) is 0 Å². The van der Waals surface area contributed by atoms with Crippen molar-refractivity contribution in [2.45, 2.75) is 6.54 Å². The zero-order valence-electron chi connectivity index (χ0n) is 11.8. The molecule has 0 saturated carbocycles. The predicted octanol–water partition coefficient (Wildman–Crippen LogP) is 0.0656. The molecule has 1 aromatic carbocycles. The lowest BCUT2D eigenvalue weighted by molar-refractivity contribution is -0.144. The van der Waals surface area contributed by atoms with Crippen LogP contribution in [0.4, 0.5) is 4.79 Å². The average molecular weight is 289 g/mol. The van der Waals surface area contributed by atoms with Crippen LogP contribution in [0.15, 0.2) is 30.3 Å². The van der Waals surface area contributed by atoms with Crippen LogP contribution in [0.1, 0.15) is 5.56 Å². The number of imide groups is 2. The van der Waals surface area contributed by atoms with E-state index in [9.17, 15) is 19.2 Å². The second-order valence-corrected chi connectivity index (χ2v) is 4.84. The molecule has 0 N–H and O–H groups in total. The molecule has 0 aliphatic carbocycles. The second-order valence-electron chi connectivity index (χ2n) is 4.84. The molecule has 1 aromatic rings. The Morgan fingerprint density at radius 1 is 1.00 bits per heavy atom. The highest BCUT2D eigenvalue weighted by atomic mass is 16.2. The highest BCUT2D eigenvalue weighted by Gasteiger charge is 2.45. The van der Waals surface area contributed by atoms with Crippen molar-refractivity contribution in [2.24, 2.45) is 0 Å². The van der Waals surface area contributed by atoms with Crippen molar-refractivity contribution < 1.29 is 19.2 Å². The fraction of sp³-hybridized carbons (Fsp3) is 0.286. The molecule has 1 saturated heterocycles. The van der Waals surface area contributed by atoms with Gasteiger partial charge in [-0.25, -0.2) is 9.69 Å². The Morgan fingerprint density at radius 2 is 1.57 bits per heavy atom. The Bertz CT molecular complexity index is 597. The van der Waals surface area contributed by atoms with E-state index in [-0.39, 0.29) is 6.54 Å². The third-order valence-electron chi connectivity index (χ3n) is 3.11. The maximum absolute atomic E-state index is 12.1. The lowest BCUT2D eigenvalue weighted by Crippen LogP contribution is -2.40. The minimum absolute atomic E-state index is 0.0108. The van der Waals surface area contributed by atoms with E-state index in [0.29, 0.717) is 4.90 Å². The van der Waals surface area contributed by atoms with E-state index in [1.165, 1.54) is 19.0 Å². The number of benzene rings is 1. The van der Waals surface area contributed by atoms with Gasteiger partial charge in [-0.05, 0) is 5.56 Å². The fourth-order valence-electron chi connectivity index (χ4n) is 1.87. The number of hydrogen-bond acceptors (Lipinski definition) is 4. The number of carbonyl (C=O) groups is 4. The summed E-state index contributed by atoms with van der Waals surface area (Å²) in [5.41, 5.74) is 0.729. The number of rotatable bonds is 4. The van der Waals surface area contributed by atoms with E-state index >= 15 is 0 Å². The van der Waals surface area contributed by atoms with Gasteiger partial charge in [-0.1, -0.05) is 30.3 Å². The Balaban J connectivity index is 2.15. The van der Waals surface area contributed by atoms with Gasteiger partial charge in [-0.3, -0.25) is 19.3 Å². The van der Waals surface area contributed by atoms with Crippen LogP contribution in [0.3, 0.4) is 0 Å². The summed E-state index contributed by atoms with van der Waals surface area (Å²) in [6, 6.07) is 8.09. The molecular weight excluding hydrogens is 274 g/mol. The van der Waals surface area contributed by atoms with E-state index in [0.717, 1.165) is 10.5 Å². The monoisotopic (exact) mass is 289 g/mol. The molecular formula is C14H15N3O4. The number of urea groups is 1. The summed E-state index contributed by atoms with van der Waals surface area (Å²) in [7, 11) is 3.02. The van der Waals surface area contributed by atoms with Crippen LogP contribution in [0.2, 0.25) is 0 Å². The molecule has 21 heavy (non-hydrogen) atoms. The van der Waals surface area contributed by atoms with Crippen LogP contribution in [0.25, 0.3) is 0 Å². The lowest BCUT2D eigenvalue weighted by Gasteiger charge is -2.17. The van der Waals surface area contributed by atoms with Crippen molar-refractivity contribution in [3.63, 3.8) is 0 Å². The number of amides is 5. The standard InChI is InChI=1S/C14H15N3O4/c1-15(2)11(18)9-17-13(20)12(19)16(14(17)21)8-10-6-4-3-5-7-10/h3-7H,8-9H2,1-2H3. The molecule has 5 amide bonds. The molecule has 2 rings (SSSR count). The third kappa shape index (κ3) is 2.91. The van der Waals surface area contributed by atoms with Crippen LogP contribution >= 0.6 is 0 Å². The molecule has 1 heterocycles. The quantitative estimate of drug-likeness (QED) is 0.580. The molecule has 1 fully saturated rings. The summed E-state index contributed by atoms with van der Waals surface area (Å²) in [5, 5.41) is 0. The van der Waals surface area contributed by atoms with Gasteiger partial charge >= 0.3 is 17.8 Å². The van der Waals surface area contributed by atoms with Crippen molar-refractivity contribution in [1.82, 2.24) is 14.7 Å². The zero-order chi connectivity index (χ0) is 15.6. The molecule has 0 radical (unpaired) electrons. The van der Waals surface area contributed by atoms with Gasteiger partial charge in [-0.2, -0.15) is 0 Å². The minimum atomic E-state index is -0.967. The van der Waals surface area contributed by atoms with Gasteiger partial charge in [0, 0.05) is 14.1 Å². The summed E-state index contributed by atoms with van der Waals surface area (Å²) < 4.78 is 0. The maximum Gasteiger partial charge on any atom is 0.335 e. The molecule has 7 nitrogen and oxygen atoms in total. The van der Waals surface area contributed by atoms with E-state index in [2.05, 4.69) is 0 Å². The zero-order valence-corrected chi connectivity index (χ0v) is 11.8. The molecule has 110 valence electrons. The Labute approximate surface area is 121 Å². The van der Waals surface area contributed by atoms with Crippen molar-refractivity contribution >= 4 is 23.8 Å². The van der Waals surface area contributed by atoms with Crippen LogP contribution in [-0.2, 0) is 20.9 Å². The van der Waals surface area contributed by atoms with E-state index in [4.69, 9.17) is 0 Å². The summed E-state index contributed by atoms with van der Waals surface area (Å²) in [6.45, 7) is -0.418. The SMILES string of the molecule is CN(C)C(=O)CN1C(=O)C(=O)N(Cc2ccccc2)C1=O. The van der Waals surface area contributed by atoms with Crippen molar-refractivity contribution in [3.05, 3.63) is 35.9 Å². The van der Waals surface area contributed by atoms with Gasteiger partial charge in [0.2, 0.25) is 5.91 Å². The first-order valence-corrected chi connectivity index (χ1v) is 6.33. The summed E-state index contributed by atoms with van der Waals surface area (Å²) >= 11 is 0. The molecule has 0 unspecified atom stereocenters. The molecule has 1 aliphatic heterocycles. The van der Waals surface area contributed by atoms with Crippen LogP contribution in [0, 0.1) is 0 Å². The lowest BCUT2D eigenvalue weighted by atomic mass is 10.2. The summed E-state index contributed by atoms with van der Waals surface area (Å²) in [6.07, 6.45) is 0. The molecule has 1 aliphatic rings. The second kappa shape index (κ2) is 5.74. The van der Waals surface area contributed by atoms with E-state index < -0.39 is 30.3 Å². The smallest absolute Gasteiger partial charge is 0.335 e. The van der Waals surface area contributed by atoms with Gasteiger partial charge in [0.25, 0.3) is 0 Å². The molecule has 0 aromatic heterocycles. The van der Waals surface area contributed by atoms with Crippen LogP contribution < -0.4 is 0 Å². The van der Waals surface area contributed by atoms with Crippen LogP contribution in [-0.4, -0.2) is 59.1 Å². The summed E-state index contributed by atoms with van der Waals surface area (Å²) in [4.78, 5) is 50.2. The molecule has 0 atom stereocenters. The van der Waals surface area contributed by atoms with Crippen molar-refractivity contribution in [2.75, 3.05) is 20.6 Å². The third-order valence-corrected chi connectivity index (χ3v) is 3.11. The van der Waals surface area contributed by atoms with Crippen molar-refractivity contribution in [3.8, 4) is 0 Å². The highest BCUT2D eigenvalue weighted by molar-refractivity contribution is 6.44. The first kappa shape index (κ1) is 14.7. The first-order chi connectivity index (χ1) is 9.91.